The standard InChI is InChI=1S/C24H23NO5S/c1-4-30-24(27)22-20(17-9-11-18(28-2)12-10-17)15-31-23(22)25-21(26)13-8-16-6-5-7-19(14-16)29-3/h5-15H,4H2,1-3H3,(H,25,26)/b13-8+. The first-order valence-electron chi connectivity index (χ1n) is 9.61. The molecule has 2 aromatic carbocycles. The van der Waals surface area contributed by atoms with Crippen molar-refractivity contribution in [2.45, 2.75) is 6.92 Å². The van der Waals surface area contributed by atoms with Gasteiger partial charge in [0.1, 0.15) is 22.1 Å². The molecule has 0 atom stereocenters. The third kappa shape index (κ3) is 5.52. The van der Waals surface area contributed by atoms with Gasteiger partial charge in [0.05, 0.1) is 20.8 Å². The fourth-order valence-electron chi connectivity index (χ4n) is 2.91. The van der Waals surface area contributed by atoms with E-state index in [0.717, 1.165) is 11.1 Å². The number of anilines is 1. The zero-order valence-corrected chi connectivity index (χ0v) is 18.3. The maximum atomic E-state index is 12.7. The monoisotopic (exact) mass is 437 g/mol. The summed E-state index contributed by atoms with van der Waals surface area (Å²) in [5.41, 5.74) is 2.68. The van der Waals surface area contributed by atoms with Crippen molar-refractivity contribution in [1.82, 2.24) is 0 Å². The number of benzene rings is 2. The lowest BCUT2D eigenvalue weighted by Gasteiger charge is -2.08. The third-order valence-corrected chi connectivity index (χ3v) is 5.32. The Kier molecular flexibility index (Phi) is 7.45. The Hall–Kier alpha value is -3.58. The number of hydrogen-bond donors (Lipinski definition) is 1. The number of amides is 1. The molecule has 0 aliphatic heterocycles. The van der Waals surface area contributed by atoms with Crippen LogP contribution >= 0.6 is 11.3 Å². The first-order chi connectivity index (χ1) is 15.0. The molecule has 0 saturated heterocycles. The number of esters is 1. The SMILES string of the molecule is CCOC(=O)c1c(-c2ccc(OC)cc2)csc1NC(=O)/C=C/c1cccc(OC)c1. The molecule has 0 aliphatic rings. The summed E-state index contributed by atoms with van der Waals surface area (Å²) in [7, 11) is 3.18. The Morgan fingerprint density at radius 1 is 1.03 bits per heavy atom. The molecule has 1 amide bonds. The van der Waals surface area contributed by atoms with Gasteiger partial charge >= 0.3 is 5.97 Å². The highest BCUT2D eigenvalue weighted by Crippen LogP contribution is 2.37. The second kappa shape index (κ2) is 10.4. The summed E-state index contributed by atoms with van der Waals surface area (Å²) >= 11 is 1.27. The molecule has 3 aromatic rings. The summed E-state index contributed by atoms with van der Waals surface area (Å²) in [5.74, 6) is 0.584. The number of rotatable bonds is 8. The Morgan fingerprint density at radius 2 is 1.77 bits per heavy atom. The number of thiophene rings is 1. The quantitative estimate of drug-likeness (QED) is 0.384. The van der Waals surface area contributed by atoms with Crippen molar-refractivity contribution < 1.29 is 23.8 Å². The van der Waals surface area contributed by atoms with Gasteiger partial charge in [-0.2, -0.15) is 0 Å². The van der Waals surface area contributed by atoms with Gasteiger partial charge in [0, 0.05) is 17.0 Å². The Bertz CT molecular complexity index is 1090. The first-order valence-corrected chi connectivity index (χ1v) is 10.5. The van der Waals surface area contributed by atoms with Crippen molar-refractivity contribution in [1.29, 1.82) is 0 Å². The molecular formula is C24H23NO5S. The molecule has 3 rings (SSSR count). The molecule has 0 saturated carbocycles. The minimum absolute atomic E-state index is 0.236. The molecule has 0 radical (unpaired) electrons. The van der Waals surface area contributed by atoms with E-state index in [9.17, 15) is 9.59 Å². The third-order valence-electron chi connectivity index (χ3n) is 4.43. The maximum absolute atomic E-state index is 12.7. The van der Waals surface area contributed by atoms with Gasteiger partial charge in [0.15, 0.2) is 0 Å². The van der Waals surface area contributed by atoms with Gasteiger partial charge in [-0.05, 0) is 48.4 Å². The van der Waals surface area contributed by atoms with E-state index in [1.807, 2.05) is 53.9 Å². The molecule has 160 valence electrons. The Morgan fingerprint density at radius 3 is 2.45 bits per heavy atom. The van der Waals surface area contributed by atoms with Crippen molar-refractivity contribution in [3.05, 3.63) is 71.1 Å². The molecule has 0 spiro atoms. The van der Waals surface area contributed by atoms with Crippen LogP contribution in [0.3, 0.4) is 0 Å². The second-order valence-corrected chi connectivity index (χ2v) is 7.28. The van der Waals surface area contributed by atoms with E-state index in [0.29, 0.717) is 27.6 Å². The van der Waals surface area contributed by atoms with Crippen LogP contribution in [0.4, 0.5) is 5.00 Å². The molecule has 1 heterocycles. The van der Waals surface area contributed by atoms with Gasteiger partial charge in [-0.3, -0.25) is 4.79 Å². The largest absolute Gasteiger partial charge is 0.497 e. The van der Waals surface area contributed by atoms with Gasteiger partial charge in [0.25, 0.3) is 0 Å². The second-order valence-electron chi connectivity index (χ2n) is 6.40. The summed E-state index contributed by atoms with van der Waals surface area (Å²) in [4.78, 5) is 25.2. The van der Waals surface area contributed by atoms with Gasteiger partial charge in [-0.15, -0.1) is 11.3 Å². The lowest BCUT2D eigenvalue weighted by molar-refractivity contribution is -0.111. The normalized spacial score (nSPS) is 10.7. The van der Waals surface area contributed by atoms with E-state index in [1.54, 1.807) is 27.2 Å². The number of hydrogen-bond acceptors (Lipinski definition) is 6. The molecule has 7 heteroatoms. The molecule has 1 N–H and O–H groups in total. The summed E-state index contributed by atoms with van der Waals surface area (Å²) in [5, 5.41) is 5.06. The van der Waals surface area contributed by atoms with Crippen LogP contribution in [0.5, 0.6) is 11.5 Å². The lowest BCUT2D eigenvalue weighted by Crippen LogP contribution is -2.12. The number of carbonyl (C=O) groups is 2. The Labute approximate surface area is 185 Å². The van der Waals surface area contributed by atoms with Crippen molar-refractivity contribution in [3.8, 4) is 22.6 Å². The molecule has 31 heavy (non-hydrogen) atoms. The molecule has 0 aliphatic carbocycles. The van der Waals surface area contributed by atoms with E-state index in [-0.39, 0.29) is 12.5 Å². The summed E-state index contributed by atoms with van der Waals surface area (Å²) in [6, 6.07) is 14.7. The van der Waals surface area contributed by atoms with E-state index < -0.39 is 5.97 Å². The van der Waals surface area contributed by atoms with Crippen molar-refractivity contribution >= 4 is 34.3 Å². The van der Waals surface area contributed by atoms with Gasteiger partial charge in [-0.1, -0.05) is 24.3 Å². The van der Waals surface area contributed by atoms with Crippen LogP contribution in [0, 0.1) is 0 Å². The van der Waals surface area contributed by atoms with E-state index >= 15 is 0 Å². The number of carbonyl (C=O) groups excluding carboxylic acids is 2. The van der Waals surface area contributed by atoms with E-state index in [4.69, 9.17) is 14.2 Å². The van der Waals surface area contributed by atoms with Crippen LogP contribution in [0.2, 0.25) is 0 Å². The average molecular weight is 438 g/mol. The topological polar surface area (TPSA) is 73.9 Å². The van der Waals surface area contributed by atoms with Gasteiger partial charge in [-0.25, -0.2) is 4.79 Å². The first kappa shape index (κ1) is 22.1. The predicted molar refractivity (Wildman–Crippen MR) is 123 cm³/mol. The van der Waals surface area contributed by atoms with E-state index in [1.165, 1.54) is 17.4 Å². The molecule has 1 aromatic heterocycles. The highest BCUT2D eigenvalue weighted by atomic mass is 32.1. The zero-order chi connectivity index (χ0) is 22.2. The Balaban J connectivity index is 1.85. The van der Waals surface area contributed by atoms with Crippen LogP contribution < -0.4 is 14.8 Å². The van der Waals surface area contributed by atoms with Crippen molar-refractivity contribution in [2.75, 3.05) is 26.1 Å². The van der Waals surface area contributed by atoms with Crippen LogP contribution in [-0.2, 0) is 9.53 Å². The minimum atomic E-state index is -0.485. The highest BCUT2D eigenvalue weighted by molar-refractivity contribution is 7.15. The van der Waals surface area contributed by atoms with Crippen LogP contribution in [-0.4, -0.2) is 32.7 Å². The number of nitrogens with one attached hydrogen (secondary N) is 1. The molecule has 0 bridgehead atoms. The van der Waals surface area contributed by atoms with Crippen molar-refractivity contribution in [2.24, 2.45) is 0 Å². The fraction of sp³-hybridized carbons (Fsp3) is 0.167. The van der Waals surface area contributed by atoms with Crippen LogP contribution in [0.1, 0.15) is 22.8 Å². The highest BCUT2D eigenvalue weighted by Gasteiger charge is 2.22. The predicted octanol–water partition coefficient (Wildman–Crippen LogP) is 5.26. The fourth-order valence-corrected chi connectivity index (χ4v) is 3.87. The molecule has 0 unspecified atom stereocenters. The summed E-state index contributed by atoms with van der Waals surface area (Å²) in [6.45, 7) is 1.98. The van der Waals surface area contributed by atoms with Gasteiger partial charge in [0.2, 0.25) is 5.91 Å². The maximum Gasteiger partial charge on any atom is 0.341 e. The zero-order valence-electron chi connectivity index (χ0n) is 17.5. The number of methoxy groups -OCH3 is 2. The lowest BCUT2D eigenvalue weighted by atomic mass is 10.0. The van der Waals surface area contributed by atoms with Crippen LogP contribution in [0.15, 0.2) is 60.0 Å². The average Bonchev–Trinajstić information content (AvgIpc) is 3.21. The van der Waals surface area contributed by atoms with Crippen molar-refractivity contribution in [3.63, 3.8) is 0 Å². The molecule has 6 nitrogen and oxygen atoms in total. The van der Waals surface area contributed by atoms with Gasteiger partial charge < -0.3 is 19.5 Å². The van der Waals surface area contributed by atoms with Crippen LogP contribution in [0.25, 0.3) is 17.2 Å². The summed E-state index contributed by atoms with van der Waals surface area (Å²) in [6.07, 6.45) is 3.09. The molecular weight excluding hydrogens is 414 g/mol. The summed E-state index contributed by atoms with van der Waals surface area (Å²) < 4.78 is 15.6. The minimum Gasteiger partial charge on any atom is -0.497 e. The smallest absolute Gasteiger partial charge is 0.341 e. The number of ether oxygens (including phenoxy) is 3. The molecule has 0 fully saturated rings. The van der Waals surface area contributed by atoms with E-state index in [2.05, 4.69) is 5.32 Å².